The van der Waals surface area contributed by atoms with Crippen molar-refractivity contribution in [2.75, 3.05) is 13.1 Å². The van der Waals surface area contributed by atoms with Crippen molar-refractivity contribution in [1.29, 1.82) is 0 Å². The monoisotopic (exact) mass is 373 g/mol. The van der Waals surface area contributed by atoms with Gasteiger partial charge in [0.1, 0.15) is 0 Å². The van der Waals surface area contributed by atoms with Gasteiger partial charge in [-0.2, -0.15) is 0 Å². The lowest BCUT2D eigenvalue weighted by atomic mass is 10.1. The van der Waals surface area contributed by atoms with Gasteiger partial charge < -0.3 is 4.90 Å². The molecule has 27 heavy (non-hydrogen) atoms. The number of hydrogen-bond donors (Lipinski definition) is 0. The van der Waals surface area contributed by atoms with Crippen LogP contribution in [-0.4, -0.2) is 23.9 Å². The maximum Gasteiger partial charge on any atom is 0.246 e. The minimum atomic E-state index is 0.177. The summed E-state index contributed by atoms with van der Waals surface area (Å²) in [7, 11) is 0. The van der Waals surface area contributed by atoms with Gasteiger partial charge in [-0.05, 0) is 51.4 Å². The van der Waals surface area contributed by atoms with E-state index in [1.165, 1.54) is 77.0 Å². The van der Waals surface area contributed by atoms with Crippen molar-refractivity contribution in [3.63, 3.8) is 0 Å². The van der Waals surface area contributed by atoms with Crippen LogP contribution in [0.2, 0.25) is 0 Å². The SMILES string of the molecule is CCC/C=C\CCCCCCCCCC/C=C/C=C/C(=O)N1CCCCC1. The molecule has 1 amide bonds. The van der Waals surface area contributed by atoms with Crippen LogP contribution in [0.25, 0.3) is 0 Å². The molecule has 0 N–H and O–H groups in total. The van der Waals surface area contributed by atoms with E-state index in [2.05, 4.69) is 25.2 Å². The lowest BCUT2D eigenvalue weighted by molar-refractivity contribution is -0.126. The zero-order valence-electron chi connectivity index (χ0n) is 17.8. The third-order valence-corrected chi connectivity index (χ3v) is 5.27. The van der Waals surface area contributed by atoms with E-state index in [0.717, 1.165) is 32.4 Å². The molecule has 0 aromatic rings. The topological polar surface area (TPSA) is 20.3 Å². The average Bonchev–Trinajstić information content (AvgIpc) is 2.70. The number of unbranched alkanes of at least 4 members (excludes halogenated alkanes) is 10. The molecular weight excluding hydrogens is 330 g/mol. The van der Waals surface area contributed by atoms with E-state index in [1.807, 2.05) is 17.1 Å². The van der Waals surface area contributed by atoms with Crippen molar-refractivity contribution in [2.24, 2.45) is 0 Å². The number of hydrogen-bond acceptors (Lipinski definition) is 1. The van der Waals surface area contributed by atoms with E-state index in [-0.39, 0.29) is 5.91 Å². The molecule has 1 aliphatic heterocycles. The van der Waals surface area contributed by atoms with Crippen LogP contribution in [-0.2, 0) is 4.79 Å². The van der Waals surface area contributed by atoms with Crippen LogP contribution < -0.4 is 0 Å². The molecule has 0 saturated carbocycles. The molecule has 1 aliphatic rings. The largest absolute Gasteiger partial charge is 0.339 e. The maximum absolute atomic E-state index is 12.0. The standard InChI is InChI=1S/C25H43NO/c1-2-3-4-5-6-7-8-9-10-11-12-13-14-15-16-17-19-22-25(27)26-23-20-18-21-24-26/h4-5,16-17,19,22H,2-3,6-15,18,20-21,23-24H2,1H3/b5-4-,17-16+,22-19+. The molecule has 1 saturated heterocycles. The Bertz CT molecular complexity index is 430. The summed E-state index contributed by atoms with van der Waals surface area (Å²) in [6, 6.07) is 0. The molecule has 1 heterocycles. The summed E-state index contributed by atoms with van der Waals surface area (Å²) in [5.41, 5.74) is 0. The summed E-state index contributed by atoms with van der Waals surface area (Å²) in [4.78, 5) is 13.9. The molecule has 0 radical (unpaired) electrons. The number of rotatable bonds is 15. The third-order valence-electron chi connectivity index (χ3n) is 5.27. The average molecular weight is 374 g/mol. The van der Waals surface area contributed by atoms with E-state index in [4.69, 9.17) is 0 Å². The van der Waals surface area contributed by atoms with E-state index < -0.39 is 0 Å². The van der Waals surface area contributed by atoms with Crippen molar-refractivity contribution in [3.8, 4) is 0 Å². The van der Waals surface area contributed by atoms with Crippen LogP contribution in [0, 0.1) is 0 Å². The number of nitrogens with zero attached hydrogens (tertiary/aromatic N) is 1. The van der Waals surface area contributed by atoms with Gasteiger partial charge in [0, 0.05) is 19.2 Å². The van der Waals surface area contributed by atoms with Crippen LogP contribution >= 0.6 is 0 Å². The number of carbonyl (C=O) groups excluding carboxylic acids is 1. The summed E-state index contributed by atoms with van der Waals surface area (Å²) in [6.07, 6.45) is 32.0. The van der Waals surface area contributed by atoms with E-state index in [0.29, 0.717) is 0 Å². The van der Waals surface area contributed by atoms with Gasteiger partial charge >= 0.3 is 0 Å². The van der Waals surface area contributed by atoms with Gasteiger partial charge in [-0.1, -0.05) is 82.2 Å². The second-order valence-electron chi connectivity index (χ2n) is 7.84. The molecule has 1 rings (SSSR count). The Morgan fingerprint density at radius 2 is 1.26 bits per heavy atom. The Labute approximate surface area is 168 Å². The summed E-state index contributed by atoms with van der Waals surface area (Å²) in [6.45, 7) is 4.10. The minimum absolute atomic E-state index is 0.177. The Hall–Kier alpha value is -1.31. The Balaban J connectivity index is 1.84. The summed E-state index contributed by atoms with van der Waals surface area (Å²) >= 11 is 0. The van der Waals surface area contributed by atoms with Crippen LogP contribution in [0.4, 0.5) is 0 Å². The molecule has 1 fully saturated rings. The second kappa shape index (κ2) is 18.1. The predicted molar refractivity (Wildman–Crippen MR) is 119 cm³/mol. The molecule has 0 unspecified atom stereocenters. The van der Waals surface area contributed by atoms with E-state index in [9.17, 15) is 4.79 Å². The first kappa shape index (κ1) is 23.7. The molecule has 0 spiro atoms. The first-order valence-corrected chi connectivity index (χ1v) is 11.6. The van der Waals surface area contributed by atoms with Crippen molar-refractivity contribution in [1.82, 2.24) is 4.90 Å². The van der Waals surface area contributed by atoms with Gasteiger partial charge in [0.15, 0.2) is 0 Å². The zero-order valence-corrected chi connectivity index (χ0v) is 17.8. The molecule has 2 heteroatoms. The molecule has 0 bridgehead atoms. The highest BCUT2D eigenvalue weighted by Gasteiger charge is 2.13. The molecule has 0 aromatic carbocycles. The van der Waals surface area contributed by atoms with Crippen molar-refractivity contribution < 1.29 is 4.79 Å². The van der Waals surface area contributed by atoms with Gasteiger partial charge in [0.25, 0.3) is 0 Å². The molecular formula is C25H43NO. The number of allylic oxidation sites excluding steroid dienone is 5. The number of amides is 1. The fourth-order valence-electron chi connectivity index (χ4n) is 3.52. The number of carbonyl (C=O) groups is 1. The Kier molecular flexibility index (Phi) is 15.9. The fraction of sp³-hybridized carbons (Fsp3) is 0.720. The van der Waals surface area contributed by atoms with Gasteiger partial charge in [0.05, 0.1) is 0 Å². The number of piperidine rings is 1. The fourth-order valence-corrected chi connectivity index (χ4v) is 3.52. The predicted octanol–water partition coefficient (Wildman–Crippen LogP) is 7.37. The summed E-state index contributed by atoms with van der Waals surface area (Å²) in [5, 5.41) is 0. The van der Waals surface area contributed by atoms with Crippen LogP contribution in [0.15, 0.2) is 36.5 Å². The molecule has 2 nitrogen and oxygen atoms in total. The van der Waals surface area contributed by atoms with Crippen LogP contribution in [0.3, 0.4) is 0 Å². The Morgan fingerprint density at radius 1 is 0.704 bits per heavy atom. The lowest BCUT2D eigenvalue weighted by Gasteiger charge is -2.25. The highest BCUT2D eigenvalue weighted by Crippen LogP contribution is 2.11. The molecule has 154 valence electrons. The first-order valence-electron chi connectivity index (χ1n) is 11.6. The minimum Gasteiger partial charge on any atom is -0.339 e. The Morgan fingerprint density at radius 3 is 1.89 bits per heavy atom. The van der Waals surface area contributed by atoms with Crippen LogP contribution in [0.5, 0.6) is 0 Å². The van der Waals surface area contributed by atoms with E-state index >= 15 is 0 Å². The molecule has 0 aromatic heterocycles. The van der Waals surface area contributed by atoms with Crippen molar-refractivity contribution in [2.45, 2.75) is 103 Å². The van der Waals surface area contributed by atoms with Crippen molar-refractivity contribution in [3.05, 3.63) is 36.5 Å². The smallest absolute Gasteiger partial charge is 0.246 e. The van der Waals surface area contributed by atoms with Gasteiger partial charge in [-0.15, -0.1) is 0 Å². The van der Waals surface area contributed by atoms with Gasteiger partial charge in [-0.3, -0.25) is 4.79 Å². The van der Waals surface area contributed by atoms with Crippen LogP contribution in [0.1, 0.15) is 103 Å². The zero-order chi connectivity index (χ0) is 19.4. The quantitative estimate of drug-likeness (QED) is 0.127. The van der Waals surface area contributed by atoms with E-state index in [1.54, 1.807) is 6.08 Å². The first-order chi connectivity index (χ1) is 13.3. The third kappa shape index (κ3) is 14.4. The summed E-state index contributed by atoms with van der Waals surface area (Å²) in [5.74, 6) is 0.177. The highest BCUT2D eigenvalue weighted by molar-refractivity contribution is 5.87. The lowest BCUT2D eigenvalue weighted by Crippen LogP contribution is -2.34. The molecule has 0 aliphatic carbocycles. The van der Waals surface area contributed by atoms with Gasteiger partial charge in [0.2, 0.25) is 5.91 Å². The van der Waals surface area contributed by atoms with Gasteiger partial charge in [-0.25, -0.2) is 0 Å². The summed E-state index contributed by atoms with van der Waals surface area (Å²) < 4.78 is 0. The highest BCUT2D eigenvalue weighted by atomic mass is 16.2. The van der Waals surface area contributed by atoms with Crippen molar-refractivity contribution >= 4 is 5.91 Å². The normalized spacial score (nSPS) is 15.5. The molecule has 0 atom stereocenters. The maximum atomic E-state index is 12.0. The second-order valence-corrected chi connectivity index (χ2v) is 7.84. The number of likely N-dealkylation sites (tertiary alicyclic amines) is 1.